The summed E-state index contributed by atoms with van der Waals surface area (Å²) in [6.45, 7) is 1.88. The van der Waals surface area contributed by atoms with Crippen LogP contribution >= 0.6 is 23.1 Å². The summed E-state index contributed by atoms with van der Waals surface area (Å²) in [5.41, 5.74) is 0.891. The molecule has 2 aromatic heterocycles. The molecule has 6 nitrogen and oxygen atoms in total. The maximum Gasteiger partial charge on any atom is 0.301 e. The largest absolute Gasteiger partial charge is 0.373 e. The molecule has 0 aliphatic rings. The van der Waals surface area contributed by atoms with Gasteiger partial charge in [0.2, 0.25) is 0 Å². The Kier molecular flexibility index (Phi) is 3.78. The first-order chi connectivity index (χ1) is 8.60. The highest BCUT2D eigenvalue weighted by Gasteiger charge is 2.18. The van der Waals surface area contributed by atoms with E-state index >= 15 is 0 Å². The van der Waals surface area contributed by atoms with E-state index in [1.54, 1.807) is 13.1 Å². The van der Waals surface area contributed by atoms with E-state index < -0.39 is 4.92 Å². The van der Waals surface area contributed by atoms with Crippen molar-refractivity contribution >= 4 is 34.6 Å². The second-order valence-corrected chi connectivity index (χ2v) is 5.48. The second-order valence-electron chi connectivity index (χ2n) is 3.38. The lowest BCUT2D eigenvalue weighted by Gasteiger charge is -2.03. The van der Waals surface area contributed by atoms with Gasteiger partial charge in [0.1, 0.15) is 5.82 Å². The van der Waals surface area contributed by atoms with Crippen molar-refractivity contribution in [2.75, 3.05) is 12.4 Å². The van der Waals surface area contributed by atoms with Gasteiger partial charge in [-0.1, -0.05) is 0 Å². The van der Waals surface area contributed by atoms with Gasteiger partial charge in [-0.3, -0.25) is 10.1 Å². The van der Waals surface area contributed by atoms with E-state index in [0.717, 1.165) is 10.0 Å². The topological polar surface area (TPSA) is 81.0 Å². The van der Waals surface area contributed by atoms with Gasteiger partial charge in [0.15, 0.2) is 9.37 Å². The molecular formula is C10H10N4O2S2. The summed E-state index contributed by atoms with van der Waals surface area (Å²) in [4.78, 5) is 19.0. The van der Waals surface area contributed by atoms with Crippen LogP contribution in [0.3, 0.4) is 0 Å². The van der Waals surface area contributed by atoms with Crippen LogP contribution in [0.4, 0.5) is 11.5 Å². The number of aromatic nitrogens is 2. The summed E-state index contributed by atoms with van der Waals surface area (Å²) in [5, 5.41) is 16.0. The number of hydrogen-bond acceptors (Lipinski definition) is 7. The van der Waals surface area contributed by atoms with Gasteiger partial charge in [-0.25, -0.2) is 9.97 Å². The first kappa shape index (κ1) is 12.8. The van der Waals surface area contributed by atoms with Crippen molar-refractivity contribution < 1.29 is 4.92 Å². The molecule has 2 heterocycles. The van der Waals surface area contributed by atoms with Crippen LogP contribution in [0.2, 0.25) is 0 Å². The second kappa shape index (κ2) is 5.32. The van der Waals surface area contributed by atoms with Crippen LogP contribution in [0.15, 0.2) is 26.9 Å². The van der Waals surface area contributed by atoms with E-state index in [1.165, 1.54) is 29.2 Å². The first-order valence-corrected chi connectivity index (χ1v) is 6.73. The summed E-state index contributed by atoms with van der Waals surface area (Å²) in [5.74, 6) is 0.594. The highest BCUT2D eigenvalue weighted by molar-refractivity contribution is 8.01. The van der Waals surface area contributed by atoms with Gasteiger partial charge in [0.05, 0.1) is 4.92 Å². The molecule has 0 aliphatic carbocycles. The summed E-state index contributed by atoms with van der Waals surface area (Å²) in [7, 11) is 1.72. The number of nitrogens with one attached hydrogen (secondary N) is 1. The van der Waals surface area contributed by atoms with E-state index in [9.17, 15) is 10.1 Å². The molecule has 2 aromatic rings. The van der Waals surface area contributed by atoms with Crippen molar-refractivity contribution in [3.05, 3.63) is 33.3 Å². The monoisotopic (exact) mass is 282 g/mol. The lowest BCUT2D eigenvalue weighted by Crippen LogP contribution is -1.97. The molecule has 0 saturated heterocycles. The summed E-state index contributed by atoms with van der Waals surface area (Å²) >= 11 is 2.65. The minimum Gasteiger partial charge on any atom is -0.373 e. The van der Waals surface area contributed by atoms with E-state index in [0.29, 0.717) is 10.8 Å². The minimum atomic E-state index is -0.435. The molecule has 18 heavy (non-hydrogen) atoms. The minimum absolute atomic E-state index is 0.00754. The van der Waals surface area contributed by atoms with E-state index in [-0.39, 0.29) is 5.69 Å². The number of thiazole rings is 1. The van der Waals surface area contributed by atoms with Crippen molar-refractivity contribution in [2.24, 2.45) is 0 Å². The Labute approximate surface area is 112 Å². The Morgan fingerprint density at radius 1 is 1.44 bits per heavy atom. The predicted octanol–water partition coefficient (Wildman–Crippen LogP) is 2.95. The summed E-state index contributed by atoms with van der Waals surface area (Å²) < 4.78 is 0.747. The van der Waals surface area contributed by atoms with E-state index in [2.05, 4.69) is 15.3 Å². The number of rotatable bonds is 4. The zero-order valence-electron chi connectivity index (χ0n) is 9.71. The first-order valence-electron chi connectivity index (χ1n) is 5.03. The SMILES string of the molecule is CNc1ccc([N+](=O)[O-])c(Sc2nc(C)cs2)n1. The maximum atomic E-state index is 10.9. The summed E-state index contributed by atoms with van der Waals surface area (Å²) in [6.07, 6.45) is 0. The quantitative estimate of drug-likeness (QED) is 0.686. The van der Waals surface area contributed by atoms with Gasteiger partial charge in [-0.2, -0.15) is 0 Å². The third kappa shape index (κ3) is 2.77. The third-order valence-electron chi connectivity index (χ3n) is 2.07. The van der Waals surface area contributed by atoms with Crippen LogP contribution in [0.1, 0.15) is 5.69 Å². The van der Waals surface area contributed by atoms with Crippen LogP contribution < -0.4 is 5.32 Å². The Morgan fingerprint density at radius 2 is 2.22 bits per heavy atom. The Balaban J connectivity index is 2.37. The van der Waals surface area contributed by atoms with Gasteiger partial charge in [0.25, 0.3) is 0 Å². The molecule has 1 N–H and O–H groups in total. The molecule has 0 aliphatic heterocycles. The molecule has 8 heteroatoms. The predicted molar refractivity (Wildman–Crippen MR) is 71.4 cm³/mol. The number of nitro groups is 1. The van der Waals surface area contributed by atoms with Crippen LogP contribution in [-0.2, 0) is 0 Å². The van der Waals surface area contributed by atoms with Crippen molar-refractivity contribution in [2.45, 2.75) is 16.3 Å². The summed E-state index contributed by atoms with van der Waals surface area (Å²) in [6, 6.07) is 3.02. The molecule has 0 fully saturated rings. The van der Waals surface area contributed by atoms with Crippen molar-refractivity contribution in [1.82, 2.24) is 9.97 Å². The fourth-order valence-electron chi connectivity index (χ4n) is 1.25. The normalized spacial score (nSPS) is 10.3. The standard InChI is InChI=1S/C10H10N4O2S2/c1-6-5-17-10(12-6)18-9-7(14(15)16)3-4-8(11-2)13-9/h3-5H,1-2H3,(H,11,13). The molecule has 0 atom stereocenters. The van der Waals surface area contributed by atoms with Crippen LogP contribution in [0.5, 0.6) is 0 Å². The van der Waals surface area contributed by atoms with Crippen LogP contribution in [-0.4, -0.2) is 21.9 Å². The lowest BCUT2D eigenvalue weighted by atomic mass is 10.4. The molecular weight excluding hydrogens is 272 g/mol. The average molecular weight is 282 g/mol. The molecule has 0 radical (unpaired) electrons. The van der Waals surface area contributed by atoms with Crippen molar-refractivity contribution in [3.63, 3.8) is 0 Å². The molecule has 0 spiro atoms. The number of anilines is 1. The number of pyridine rings is 1. The van der Waals surface area contributed by atoms with E-state index in [4.69, 9.17) is 0 Å². The molecule has 0 aromatic carbocycles. The van der Waals surface area contributed by atoms with Crippen molar-refractivity contribution in [3.8, 4) is 0 Å². The smallest absolute Gasteiger partial charge is 0.301 e. The molecule has 94 valence electrons. The van der Waals surface area contributed by atoms with Gasteiger partial charge >= 0.3 is 5.69 Å². The van der Waals surface area contributed by atoms with Gasteiger partial charge in [-0.05, 0) is 24.8 Å². The third-order valence-corrected chi connectivity index (χ3v) is 4.13. The number of nitrogens with zero attached hydrogens (tertiary/aromatic N) is 3. The van der Waals surface area contributed by atoms with Gasteiger partial charge in [-0.15, -0.1) is 11.3 Å². The van der Waals surface area contributed by atoms with E-state index in [1.807, 2.05) is 12.3 Å². The Hall–Kier alpha value is -1.67. The number of hydrogen-bond donors (Lipinski definition) is 1. The van der Waals surface area contributed by atoms with Gasteiger partial charge < -0.3 is 5.32 Å². The zero-order chi connectivity index (χ0) is 13.1. The highest BCUT2D eigenvalue weighted by atomic mass is 32.2. The van der Waals surface area contributed by atoms with Gasteiger partial charge in [0, 0.05) is 24.2 Å². The molecule has 0 bridgehead atoms. The lowest BCUT2D eigenvalue weighted by molar-refractivity contribution is -0.388. The van der Waals surface area contributed by atoms with Crippen LogP contribution in [0, 0.1) is 17.0 Å². The Morgan fingerprint density at radius 3 is 2.78 bits per heavy atom. The van der Waals surface area contributed by atoms with Crippen molar-refractivity contribution in [1.29, 1.82) is 0 Å². The molecule has 2 rings (SSSR count). The zero-order valence-corrected chi connectivity index (χ0v) is 11.3. The molecule has 0 unspecified atom stereocenters. The fraction of sp³-hybridized carbons (Fsp3) is 0.200. The highest BCUT2D eigenvalue weighted by Crippen LogP contribution is 2.35. The fourth-order valence-corrected chi connectivity index (χ4v) is 3.09. The maximum absolute atomic E-state index is 10.9. The molecule has 0 amide bonds. The molecule has 0 saturated carbocycles. The average Bonchev–Trinajstić information content (AvgIpc) is 2.74. The Bertz CT molecular complexity index is 585. The van der Waals surface area contributed by atoms with Crippen LogP contribution in [0.25, 0.3) is 0 Å². The number of aryl methyl sites for hydroxylation is 1.